The monoisotopic (exact) mass is 266 g/mol. The average Bonchev–Trinajstić information content (AvgIpc) is 2.21. The predicted octanol–water partition coefficient (Wildman–Crippen LogP) is 4.00. The number of halogens is 3. The van der Waals surface area contributed by atoms with E-state index in [0.29, 0.717) is 27.2 Å². The molecule has 1 aromatic rings. The molecule has 0 atom stereocenters. The van der Waals surface area contributed by atoms with Crippen molar-refractivity contribution >= 4 is 40.6 Å². The third-order valence-electron chi connectivity index (χ3n) is 1.76. The van der Waals surface area contributed by atoms with Crippen LogP contribution in [0.1, 0.15) is 13.3 Å². The smallest absolute Gasteiger partial charge is 0.169 e. The van der Waals surface area contributed by atoms with Gasteiger partial charge in [-0.05, 0) is 6.07 Å². The average molecular weight is 268 g/mol. The second-order valence-corrected chi connectivity index (χ2v) is 4.10. The summed E-state index contributed by atoms with van der Waals surface area (Å²) in [6.45, 7) is 1.76. The van der Waals surface area contributed by atoms with Crippen molar-refractivity contribution < 1.29 is 9.53 Å². The third kappa shape index (κ3) is 3.56. The van der Waals surface area contributed by atoms with Gasteiger partial charge in [0.15, 0.2) is 5.78 Å². The van der Waals surface area contributed by atoms with Gasteiger partial charge in [-0.1, -0.05) is 41.7 Å². The van der Waals surface area contributed by atoms with Gasteiger partial charge < -0.3 is 4.74 Å². The van der Waals surface area contributed by atoms with Crippen LogP contribution in [0.15, 0.2) is 12.1 Å². The van der Waals surface area contributed by atoms with Crippen molar-refractivity contribution in [3.63, 3.8) is 0 Å². The number of hydrogen-bond acceptors (Lipinski definition) is 2. The molecule has 1 rings (SSSR count). The van der Waals surface area contributed by atoms with E-state index < -0.39 is 0 Å². The lowest BCUT2D eigenvalue weighted by atomic mass is 10.3. The maximum atomic E-state index is 11.0. The highest BCUT2D eigenvalue weighted by Crippen LogP contribution is 2.33. The van der Waals surface area contributed by atoms with Gasteiger partial charge in [-0.2, -0.15) is 0 Å². The first-order valence-electron chi connectivity index (χ1n) is 4.33. The Kier molecular flexibility index (Phi) is 4.71. The Hall–Kier alpha value is -0.440. The molecule has 0 saturated carbocycles. The number of carbonyl (C=O) groups is 1. The molecule has 0 bridgehead atoms. The molecule has 0 fully saturated rings. The van der Waals surface area contributed by atoms with Crippen LogP contribution in [0.3, 0.4) is 0 Å². The Balaban J connectivity index is 2.77. The molecular formula is C10H9Cl3O2. The molecule has 0 aliphatic carbocycles. The maximum Gasteiger partial charge on any atom is 0.169 e. The van der Waals surface area contributed by atoms with Crippen LogP contribution < -0.4 is 4.74 Å². The molecule has 2 nitrogen and oxygen atoms in total. The highest BCUT2D eigenvalue weighted by Gasteiger charge is 2.08. The zero-order valence-electron chi connectivity index (χ0n) is 8.02. The summed E-state index contributed by atoms with van der Waals surface area (Å²) in [6, 6.07) is 2.98. The lowest BCUT2D eigenvalue weighted by Crippen LogP contribution is -2.09. The van der Waals surface area contributed by atoms with Gasteiger partial charge in [0.2, 0.25) is 0 Å². The van der Waals surface area contributed by atoms with Gasteiger partial charge in [-0.15, -0.1) is 0 Å². The van der Waals surface area contributed by atoms with Crippen LogP contribution in [0.5, 0.6) is 5.75 Å². The summed E-state index contributed by atoms with van der Waals surface area (Å²) < 4.78 is 5.20. The number of Topliss-reactive ketones (excluding diaryl/α,β-unsaturated/α-hetero) is 1. The number of benzene rings is 1. The largest absolute Gasteiger partial charge is 0.484 e. The van der Waals surface area contributed by atoms with E-state index in [1.165, 1.54) is 12.1 Å². The Morgan fingerprint density at radius 1 is 1.20 bits per heavy atom. The highest BCUT2D eigenvalue weighted by molar-refractivity contribution is 6.43. The number of carbonyl (C=O) groups excluding carboxylic acids is 1. The Labute approximate surface area is 103 Å². The summed E-state index contributed by atoms with van der Waals surface area (Å²) in [5, 5.41) is 1.05. The summed E-state index contributed by atoms with van der Waals surface area (Å²) in [5.74, 6) is 0.366. The van der Waals surface area contributed by atoms with Crippen molar-refractivity contribution in [2.75, 3.05) is 6.61 Å². The first-order chi connectivity index (χ1) is 7.04. The lowest BCUT2D eigenvalue weighted by Gasteiger charge is -2.07. The first kappa shape index (κ1) is 12.6. The molecule has 0 heterocycles. The molecule has 1 aromatic carbocycles. The summed E-state index contributed by atoms with van der Waals surface area (Å²) in [6.07, 6.45) is 0.430. The molecule has 0 aliphatic rings. The SMILES string of the molecule is CCC(=O)COc1cc(Cl)c(Cl)cc1Cl. The fourth-order valence-corrected chi connectivity index (χ4v) is 1.47. The van der Waals surface area contributed by atoms with Crippen molar-refractivity contribution in [1.82, 2.24) is 0 Å². The van der Waals surface area contributed by atoms with E-state index in [4.69, 9.17) is 39.5 Å². The van der Waals surface area contributed by atoms with Gasteiger partial charge in [0, 0.05) is 12.5 Å². The minimum absolute atomic E-state index is 0.00265. The van der Waals surface area contributed by atoms with Crippen LogP contribution in [0, 0.1) is 0 Å². The van der Waals surface area contributed by atoms with E-state index in [1.54, 1.807) is 6.92 Å². The van der Waals surface area contributed by atoms with E-state index in [0.717, 1.165) is 0 Å². The normalized spacial score (nSPS) is 10.1. The van der Waals surface area contributed by atoms with Gasteiger partial charge in [-0.25, -0.2) is 0 Å². The van der Waals surface area contributed by atoms with E-state index in [1.807, 2.05) is 0 Å². The van der Waals surface area contributed by atoms with Crippen molar-refractivity contribution in [2.45, 2.75) is 13.3 Å². The van der Waals surface area contributed by atoms with E-state index in [9.17, 15) is 4.79 Å². The molecule has 0 spiro atoms. The standard InChI is InChI=1S/C10H9Cl3O2/c1-2-6(14)5-15-10-4-8(12)7(11)3-9(10)13/h3-4H,2,5H2,1H3. The zero-order chi connectivity index (χ0) is 11.4. The van der Waals surface area contributed by atoms with Crippen molar-refractivity contribution in [2.24, 2.45) is 0 Å². The van der Waals surface area contributed by atoms with Crippen molar-refractivity contribution in [1.29, 1.82) is 0 Å². The van der Waals surface area contributed by atoms with Crippen LogP contribution >= 0.6 is 34.8 Å². The molecule has 15 heavy (non-hydrogen) atoms. The second kappa shape index (κ2) is 5.59. The summed E-state index contributed by atoms with van der Waals surface area (Å²) in [5.41, 5.74) is 0. The zero-order valence-corrected chi connectivity index (χ0v) is 10.3. The van der Waals surface area contributed by atoms with Gasteiger partial charge in [0.05, 0.1) is 15.1 Å². The van der Waals surface area contributed by atoms with Gasteiger partial charge >= 0.3 is 0 Å². The molecule has 0 aliphatic heterocycles. The fraction of sp³-hybridized carbons (Fsp3) is 0.300. The molecule has 0 saturated heterocycles. The summed E-state index contributed by atoms with van der Waals surface area (Å²) in [7, 11) is 0. The lowest BCUT2D eigenvalue weighted by molar-refractivity contribution is -0.120. The molecule has 0 N–H and O–H groups in total. The molecule has 0 amide bonds. The molecule has 82 valence electrons. The van der Waals surface area contributed by atoms with Crippen LogP contribution in [-0.4, -0.2) is 12.4 Å². The first-order valence-corrected chi connectivity index (χ1v) is 5.47. The van der Waals surface area contributed by atoms with Crippen LogP contribution in [0.25, 0.3) is 0 Å². The third-order valence-corrected chi connectivity index (χ3v) is 2.78. The minimum Gasteiger partial charge on any atom is -0.484 e. The quantitative estimate of drug-likeness (QED) is 0.771. The number of ether oxygens (including phenoxy) is 1. The Morgan fingerprint density at radius 2 is 1.80 bits per heavy atom. The van der Waals surface area contributed by atoms with Crippen molar-refractivity contribution in [3.05, 3.63) is 27.2 Å². The number of rotatable bonds is 4. The number of ketones is 1. The molecule has 0 radical (unpaired) electrons. The highest BCUT2D eigenvalue weighted by atomic mass is 35.5. The fourth-order valence-electron chi connectivity index (χ4n) is 0.875. The second-order valence-electron chi connectivity index (χ2n) is 2.88. The van der Waals surface area contributed by atoms with Gasteiger partial charge in [-0.3, -0.25) is 4.79 Å². The van der Waals surface area contributed by atoms with Crippen LogP contribution in [-0.2, 0) is 4.79 Å². The number of hydrogen-bond donors (Lipinski definition) is 0. The Morgan fingerprint density at radius 3 is 2.40 bits per heavy atom. The predicted molar refractivity (Wildman–Crippen MR) is 62.3 cm³/mol. The molecule has 5 heteroatoms. The topological polar surface area (TPSA) is 26.3 Å². The van der Waals surface area contributed by atoms with Crippen LogP contribution in [0.2, 0.25) is 15.1 Å². The molecular weight excluding hydrogens is 258 g/mol. The van der Waals surface area contributed by atoms with E-state index in [2.05, 4.69) is 0 Å². The Bertz CT molecular complexity index is 377. The van der Waals surface area contributed by atoms with E-state index >= 15 is 0 Å². The summed E-state index contributed by atoms with van der Waals surface area (Å²) >= 11 is 17.4. The summed E-state index contributed by atoms with van der Waals surface area (Å²) in [4.78, 5) is 11.0. The molecule has 0 unspecified atom stereocenters. The van der Waals surface area contributed by atoms with Crippen molar-refractivity contribution in [3.8, 4) is 5.75 Å². The minimum atomic E-state index is -0.00577. The van der Waals surface area contributed by atoms with Gasteiger partial charge in [0.25, 0.3) is 0 Å². The van der Waals surface area contributed by atoms with E-state index in [-0.39, 0.29) is 12.4 Å². The molecule has 0 aromatic heterocycles. The van der Waals surface area contributed by atoms with Crippen LogP contribution in [0.4, 0.5) is 0 Å². The maximum absolute atomic E-state index is 11.0. The van der Waals surface area contributed by atoms with Gasteiger partial charge in [0.1, 0.15) is 12.4 Å².